The smallest absolute Gasteiger partial charge is 0.164 e. The van der Waals surface area contributed by atoms with Crippen LogP contribution in [0.25, 0.3) is 56.1 Å². The molecule has 6 aromatic carbocycles. The van der Waals surface area contributed by atoms with Crippen LogP contribution in [0.2, 0.25) is 13.1 Å². The van der Waals surface area contributed by atoms with E-state index in [4.69, 9.17) is 15.0 Å². The fraction of sp³-hybridized carbons (Fsp3) is 0.235. The molecule has 2 heterocycles. The molecule has 6 heteroatoms. The first kappa shape index (κ1) is 34.1. The lowest BCUT2D eigenvalue weighted by Gasteiger charge is -2.62. The predicted molar refractivity (Wildman–Crippen MR) is 230 cm³/mol. The quantitative estimate of drug-likeness (QED) is 0.164. The molecule has 0 unspecified atom stereocenters. The van der Waals surface area contributed by atoms with Gasteiger partial charge in [-0.05, 0) is 112 Å². The van der Waals surface area contributed by atoms with Crippen LogP contribution in [0.4, 0.5) is 0 Å². The number of nitriles is 2. The molecule has 4 saturated carbocycles. The minimum Gasteiger partial charge on any atom is -0.208 e. The fourth-order valence-electron chi connectivity index (χ4n) is 12.0. The van der Waals surface area contributed by atoms with Crippen LogP contribution < -0.4 is 10.4 Å². The molecule has 4 bridgehead atoms. The van der Waals surface area contributed by atoms with Gasteiger partial charge in [-0.25, -0.2) is 15.0 Å². The molecule has 0 atom stereocenters. The van der Waals surface area contributed by atoms with Gasteiger partial charge in [-0.2, -0.15) is 10.5 Å². The first-order chi connectivity index (χ1) is 27.8. The third kappa shape index (κ3) is 5.07. The van der Waals surface area contributed by atoms with Crippen LogP contribution >= 0.6 is 0 Å². The normalized spacial score (nSPS) is 23.4. The Bertz CT molecular complexity index is 2840. The summed E-state index contributed by atoms with van der Waals surface area (Å²) in [4.78, 5) is 15.5. The van der Waals surface area contributed by atoms with Crippen molar-refractivity contribution in [3.8, 4) is 57.4 Å². The summed E-state index contributed by atoms with van der Waals surface area (Å²) >= 11 is 0. The predicted octanol–water partition coefficient (Wildman–Crippen LogP) is 10.3. The second kappa shape index (κ2) is 12.6. The molecule has 4 aliphatic carbocycles. The Kier molecular flexibility index (Phi) is 7.56. The standard InChI is InChI=1S/C51H41N5Si/c1-57(2)46-11-7-6-10-42(46)43-20-15-36(28-47(43)57)50-55-48(34-8-4-3-5-9-34)54-49(56-50)35-13-17-38(18-14-35)51(39-23-32-22-33(25-39)26-40(51)24-32)45-21-16-37(30-53)44-27-31(29-52)12-19-41(44)45/h3-21,27-28,32-33,39-40H,22-26H2,1-2H3. The summed E-state index contributed by atoms with van der Waals surface area (Å²) in [6, 6.07) is 49.9. The lowest BCUT2D eigenvalue weighted by Crippen LogP contribution is -2.56. The molecule has 0 radical (unpaired) electrons. The molecule has 5 nitrogen and oxygen atoms in total. The molecule has 0 N–H and O–H groups in total. The van der Waals surface area contributed by atoms with E-state index in [1.54, 1.807) is 0 Å². The fourth-order valence-corrected chi connectivity index (χ4v) is 15.1. The maximum Gasteiger partial charge on any atom is 0.164 e. The zero-order valence-electron chi connectivity index (χ0n) is 32.2. The summed E-state index contributed by atoms with van der Waals surface area (Å²) in [7, 11) is -1.90. The van der Waals surface area contributed by atoms with Crippen molar-refractivity contribution in [2.75, 3.05) is 0 Å². The van der Waals surface area contributed by atoms with Crippen molar-refractivity contribution in [2.45, 2.75) is 50.6 Å². The summed E-state index contributed by atoms with van der Waals surface area (Å²) in [5, 5.41) is 24.9. The lowest BCUT2D eigenvalue weighted by atomic mass is 9.42. The zero-order valence-corrected chi connectivity index (χ0v) is 33.2. The van der Waals surface area contributed by atoms with Crippen LogP contribution in [0, 0.1) is 46.3 Å². The highest BCUT2D eigenvalue weighted by Gasteiger charge is 2.59. The zero-order chi connectivity index (χ0) is 38.5. The Morgan fingerprint density at radius 2 is 1.16 bits per heavy atom. The molecule has 12 rings (SSSR count). The van der Waals surface area contributed by atoms with Gasteiger partial charge in [0.15, 0.2) is 17.5 Å². The first-order valence-electron chi connectivity index (χ1n) is 20.4. The molecular formula is C51H41N5Si. The van der Waals surface area contributed by atoms with Gasteiger partial charge in [0.05, 0.1) is 23.3 Å². The minimum atomic E-state index is -1.90. The Labute approximate surface area is 334 Å². The topological polar surface area (TPSA) is 86.2 Å². The van der Waals surface area contributed by atoms with Gasteiger partial charge < -0.3 is 0 Å². The SMILES string of the molecule is C[Si]1(C)c2ccccc2-c2ccc(-c3nc(-c4ccccc4)nc(-c4ccc(C5(c6ccc(C#N)c7cc(C#N)ccc67)C6CC7CC(C6)CC5C7)cc4)n3)cc21. The summed E-state index contributed by atoms with van der Waals surface area (Å²) < 4.78 is 0. The van der Waals surface area contributed by atoms with E-state index in [0.29, 0.717) is 40.4 Å². The third-order valence-electron chi connectivity index (χ3n) is 14.3. The highest BCUT2D eigenvalue weighted by atomic mass is 28.3. The highest BCUT2D eigenvalue weighted by molar-refractivity contribution is 7.03. The van der Waals surface area contributed by atoms with Crippen molar-refractivity contribution in [1.82, 2.24) is 15.0 Å². The number of hydrogen-bond donors (Lipinski definition) is 0. The molecular weight excluding hydrogens is 711 g/mol. The third-order valence-corrected chi connectivity index (χ3v) is 17.8. The van der Waals surface area contributed by atoms with Crippen molar-refractivity contribution in [3.63, 3.8) is 0 Å². The van der Waals surface area contributed by atoms with Crippen molar-refractivity contribution in [3.05, 3.63) is 150 Å². The summed E-state index contributed by atoms with van der Waals surface area (Å²) in [6.07, 6.45) is 6.29. The lowest BCUT2D eigenvalue weighted by molar-refractivity contribution is -0.0412. The number of benzene rings is 6. The van der Waals surface area contributed by atoms with Gasteiger partial charge in [0.1, 0.15) is 8.07 Å². The Balaban J connectivity index is 1.06. The van der Waals surface area contributed by atoms with Crippen molar-refractivity contribution in [1.29, 1.82) is 10.5 Å². The maximum atomic E-state index is 10.2. The molecule has 4 fully saturated rings. The monoisotopic (exact) mass is 751 g/mol. The van der Waals surface area contributed by atoms with Crippen LogP contribution in [-0.2, 0) is 5.41 Å². The summed E-state index contributed by atoms with van der Waals surface area (Å²) in [6.45, 7) is 4.88. The van der Waals surface area contributed by atoms with Crippen LogP contribution in [0.3, 0.4) is 0 Å². The number of hydrogen-bond acceptors (Lipinski definition) is 5. The van der Waals surface area contributed by atoms with E-state index >= 15 is 0 Å². The van der Waals surface area contributed by atoms with Gasteiger partial charge in [-0.15, -0.1) is 0 Å². The average molecular weight is 752 g/mol. The van der Waals surface area contributed by atoms with E-state index in [2.05, 4.69) is 116 Å². The number of rotatable bonds is 5. The van der Waals surface area contributed by atoms with Crippen molar-refractivity contribution < 1.29 is 0 Å². The number of fused-ring (bicyclic) bond motifs is 4. The van der Waals surface area contributed by atoms with Crippen molar-refractivity contribution >= 4 is 29.2 Å². The van der Waals surface area contributed by atoms with E-state index in [0.717, 1.165) is 39.3 Å². The van der Waals surface area contributed by atoms with Gasteiger partial charge >= 0.3 is 0 Å². The highest BCUT2D eigenvalue weighted by Crippen LogP contribution is 2.66. The van der Waals surface area contributed by atoms with E-state index < -0.39 is 8.07 Å². The molecule has 0 amide bonds. The van der Waals surface area contributed by atoms with Crippen LogP contribution in [-0.4, -0.2) is 23.0 Å². The first-order valence-corrected chi connectivity index (χ1v) is 23.4. The Morgan fingerprint density at radius 3 is 1.84 bits per heavy atom. The van der Waals surface area contributed by atoms with Gasteiger partial charge in [0, 0.05) is 27.5 Å². The average Bonchev–Trinajstić information content (AvgIpc) is 3.48. The molecule has 0 saturated heterocycles. The van der Waals surface area contributed by atoms with Crippen LogP contribution in [0.5, 0.6) is 0 Å². The maximum absolute atomic E-state index is 10.2. The minimum absolute atomic E-state index is 0.190. The summed E-state index contributed by atoms with van der Waals surface area (Å²) in [5.41, 5.74) is 9.28. The van der Waals surface area contributed by atoms with Crippen molar-refractivity contribution in [2.24, 2.45) is 23.7 Å². The molecule has 57 heavy (non-hydrogen) atoms. The van der Waals surface area contributed by atoms with E-state index in [1.807, 2.05) is 36.4 Å². The van der Waals surface area contributed by atoms with E-state index in [-0.39, 0.29) is 5.41 Å². The molecule has 274 valence electrons. The Hall–Kier alpha value is -6.21. The van der Waals surface area contributed by atoms with E-state index in [1.165, 1.54) is 64.7 Å². The Morgan fingerprint density at radius 1 is 0.544 bits per heavy atom. The molecule has 1 aromatic heterocycles. The number of nitrogens with zero attached hydrogens (tertiary/aromatic N) is 5. The van der Waals surface area contributed by atoms with Gasteiger partial charge in [0.25, 0.3) is 0 Å². The van der Waals surface area contributed by atoms with Gasteiger partial charge in [-0.1, -0.05) is 122 Å². The number of aromatic nitrogens is 3. The summed E-state index contributed by atoms with van der Waals surface area (Å²) in [5.74, 6) is 4.62. The van der Waals surface area contributed by atoms with Gasteiger partial charge in [-0.3, -0.25) is 0 Å². The van der Waals surface area contributed by atoms with Crippen LogP contribution in [0.15, 0.2) is 127 Å². The molecule has 7 aromatic rings. The van der Waals surface area contributed by atoms with Crippen LogP contribution in [0.1, 0.15) is 54.4 Å². The molecule has 0 spiro atoms. The van der Waals surface area contributed by atoms with E-state index in [9.17, 15) is 10.5 Å². The largest absolute Gasteiger partial charge is 0.208 e. The molecule has 1 aliphatic heterocycles. The second-order valence-corrected chi connectivity index (χ2v) is 21.8. The van der Waals surface area contributed by atoms with Gasteiger partial charge in [0.2, 0.25) is 0 Å². The molecule has 5 aliphatic rings. The second-order valence-electron chi connectivity index (χ2n) is 17.5.